The van der Waals surface area contributed by atoms with Gasteiger partial charge in [0.15, 0.2) is 0 Å². The molecule has 0 fully saturated rings. The van der Waals surface area contributed by atoms with Crippen molar-refractivity contribution in [3.05, 3.63) is 54.2 Å². The zero-order chi connectivity index (χ0) is 34.6. The van der Waals surface area contributed by atoms with Gasteiger partial charge in [0.2, 0.25) is 11.8 Å². The molecule has 0 saturated carbocycles. The molecule has 0 bridgehead atoms. The summed E-state index contributed by atoms with van der Waals surface area (Å²) in [4.78, 5) is 6.86. The van der Waals surface area contributed by atoms with Gasteiger partial charge >= 0.3 is 0 Å². The first kappa shape index (κ1) is 44.0. The van der Waals surface area contributed by atoms with E-state index in [-0.39, 0.29) is 0 Å². The number of allylic oxidation sites excluding steroid dienone is 6. The fourth-order valence-electron chi connectivity index (χ4n) is 5.93. The molecular weight excluding hydrogens is 588 g/mol. The van der Waals surface area contributed by atoms with Crippen LogP contribution in [0.3, 0.4) is 0 Å². The predicted molar refractivity (Wildman–Crippen MR) is 211 cm³/mol. The van der Waals surface area contributed by atoms with Crippen LogP contribution in [-0.4, -0.2) is 37.2 Å². The van der Waals surface area contributed by atoms with Gasteiger partial charge in [-0.2, -0.15) is 4.98 Å². The summed E-state index contributed by atoms with van der Waals surface area (Å²) >= 11 is 0. The second-order valence-corrected chi connectivity index (χ2v) is 14.1. The quantitative estimate of drug-likeness (QED) is 0.0533. The van der Waals surface area contributed by atoms with Crippen molar-refractivity contribution in [2.75, 3.05) is 27.3 Å². The number of rotatable bonds is 35. The van der Waals surface area contributed by atoms with Crippen LogP contribution in [-0.2, 0) is 6.54 Å². The summed E-state index contributed by atoms with van der Waals surface area (Å²) in [6, 6.07) is 4.15. The maximum Gasteiger partial charge on any atom is 0.216 e. The molecular formula is C44H78N2O2. The second-order valence-electron chi connectivity index (χ2n) is 14.1. The first-order valence-electron chi connectivity index (χ1n) is 20.5. The van der Waals surface area contributed by atoms with Crippen molar-refractivity contribution >= 4 is 0 Å². The van der Waals surface area contributed by atoms with Crippen LogP contribution in [0.25, 0.3) is 0 Å². The maximum atomic E-state index is 6.10. The van der Waals surface area contributed by atoms with Crippen LogP contribution in [0.1, 0.15) is 186 Å². The Hall–Kier alpha value is -2.07. The molecule has 1 aromatic heterocycles. The van der Waals surface area contributed by atoms with Gasteiger partial charge in [0, 0.05) is 18.7 Å². The van der Waals surface area contributed by atoms with E-state index < -0.39 is 0 Å². The SMILES string of the molecule is CCCCC/C=C\C/C=C\CCCCCCCCOc1cc(CN(C)C)cc(OCCCCCCCC/C=C\CCCCCCCC)n1. The Balaban J connectivity index is 2.11. The van der Waals surface area contributed by atoms with E-state index >= 15 is 0 Å². The minimum Gasteiger partial charge on any atom is -0.478 e. The van der Waals surface area contributed by atoms with Crippen molar-refractivity contribution in [3.8, 4) is 11.8 Å². The van der Waals surface area contributed by atoms with Crippen LogP contribution < -0.4 is 9.47 Å². The number of ether oxygens (including phenoxy) is 2. The average Bonchev–Trinajstić information content (AvgIpc) is 3.07. The molecule has 0 aliphatic rings. The topological polar surface area (TPSA) is 34.6 Å². The first-order chi connectivity index (χ1) is 23.7. The third-order valence-corrected chi connectivity index (χ3v) is 8.84. The Labute approximate surface area is 299 Å². The zero-order valence-electron chi connectivity index (χ0n) is 32.3. The van der Waals surface area contributed by atoms with E-state index in [1.807, 2.05) is 0 Å². The van der Waals surface area contributed by atoms with Crippen LogP contribution in [0, 0.1) is 0 Å². The lowest BCUT2D eigenvalue weighted by Crippen LogP contribution is -2.12. The summed E-state index contributed by atoms with van der Waals surface area (Å²) in [6.45, 7) is 6.85. The summed E-state index contributed by atoms with van der Waals surface area (Å²) < 4.78 is 12.2. The van der Waals surface area contributed by atoms with Crippen LogP contribution >= 0.6 is 0 Å². The summed E-state index contributed by atoms with van der Waals surface area (Å²) in [7, 11) is 4.19. The normalized spacial score (nSPS) is 12.0. The van der Waals surface area contributed by atoms with E-state index in [4.69, 9.17) is 9.47 Å². The van der Waals surface area contributed by atoms with E-state index in [2.05, 4.69) is 86.4 Å². The number of hydrogen-bond donors (Lipinski definition) is 0. The largest absolute Gasteiger partial charge is 0.478 e. The molecule has 4 nitrogen and oxygen atoms in total. The van der Waals surface area contributed by atoms with Gasteiger partial charge in [-0.25, -0.2) is 0 Å². The van der Waals surface area contributed by atoms with E-state index in [9.17, 15) is 0 Å². The van der Waals surface area contributed by atoms with Crippen molar-refractivity contribution in [2.24, 2.45) is 0 Å². The fraction of sp³-hybridized carbons (Fsp3) is 0.750. The molecule has 0 unspecified atom stereocenters. The molecule has 1 heterocycles. The molecule has 0 aliphatic carbocycles. The Morgan fingerprint density at radius 2 is 0.833 bits per heavy atom. The molecule has 0 amide bonds. The standard InChI is InChI=1S/C44H78N2O2/c1-5-7-9-11-13-15-17-19-21-23-25-27-29-31-33-35-37-47-43-39-42(41-46(3)4)40-44(45-43)48-38-36-34-32-30-28-26-24-22-20-18-16-14-12-10-8-6-2/h13,15,19-22,39-40H,5-12,14,16-18,23-38,41H2,1-4H3/b15-13-,21-19-,22-20-. The number of hydrogen-bond acceptors (Lipinski definition) is 4. The Morgan fingerprint density at radius 3 is 1.27 bits per heavy atom. The highest BCUT2D eigenvalue weighted by molar-refractivity contribution is 5.28. The second kappa shape index (κ2) is 34.8. The molecule has 0 radical (unpaired) electrons. The van der Waals surface area contributed by atoms with Gasteiger partial charge in [-0.1, -0.05) is 147 Å². The molecule has 1 aromatic rings. The predicted octanol–water partition coefficient (Wildman–Crippen LogP) is 13.8. The highest BCUT2D eigenvalue weighted by Crippen LogP contribution is 2.20. The van der Waals surface area contributed by atoms with Crippen LogP contribution in [0.2, 0.25) is 0 Å². The van der Waals surface area contributed by atoms with Gasteiger partial charge in [-0.15, -0.1) is 0 Å². The lowest BCUT2D eigenvalue weighted by Gasteiger charge is -2.14. The monoisotopic (exact) mass is 667 g/mol. The smallest absolute Gasteiger partial charge is 0.216 e. The molecule has 1 rings (SSSR count). The van der Waals surface area contributed by atoms with Crippen LogP contribution in [0.5, 0.6) is 11.8 Å². The summed E-state index contributed by atoms with van der Waals surface area (Å²) in [5, 5.41) is 0. The minimum absolute atomic E-state index is 0.702. The summed E-state index contributed by atoms with van der Waals surface area (Å²) in [6.07, 6.45) is 47.7. The Bertz CT molecular complexity index is 907. The number of pyridine rings is 1. The third kappa shape index (κ3) is 30.0. The molecule has 0 saturated heterocycles. The molecule has 0 aromatic carbocycles. The van der Waals surface area contributed by atoms with E-state index in [0.717, 1.165) is 39.0 Å². The summed E-state index contributed by atoms with van der Waals surface area (Å²) in [5.74, 6) is 1.40. The molecule has 0 N–H and O–H groups in total. The highest BCUT2D eigenvalue weighted by atomic mass is 16.5. The average molecular weight is 667 g/mol. The lowest BCUT2D eigenvalue weighted by atomic mass is 10.1. The van der Waals surface area contributed by atoms with E-state index in [1.54, 1.807) is 0 Å². The lowest BCUT2D eigenvalue weighted by molar-refractivity contribution is 0.267. The van der Waals surface area contributed by atoms with Crippen molar-refractivity contribution < 1.29 is 9.47 Å². The maximum absolute atomic E-state index is 6.10. The molecule has 0 aliphatic heterocycles. The van der Waals surface area contributed by atoms with Gasteiger partial charge in [0.1, 0.15) is 0 Å². The van der Waals surface area contributed by atoms with Crippen LogP contribution in [0.15, 0.2) is 48.6 Å². The van der Waals surface area contributed by atoms with Crippen LogP contribution in [0.4, 0.5) is 0 Å². The number of aromatic nitrogens is 1. The molecule has 276 valence electrons. The Kier molecular flexibility index (Phi) is 31.8. The fourth-order valence-corrected chi connectivity index (χ4v) is 5.93. The zero-order valence-corrected chi connectivity index (χ0v) is 32.3. The van der Waals surface area contributed by atoms with Crippen molar-refractivity contribution in [2.45, 2.75) is 187 Å². The first-order valence-corrected chi connectivity index (χ1v) is 20.5. The van der Waals surface area contributed by atoms with Crippen molar-refractivity contribution in [1.82, 2.24) is 9.88 Å². The number of unbranched alkanes of at least 4 members (excludes halogenated alkanes) is 21. The van der Waals surface area contributed by atoms with Gasteiger partial charge in [-0.3, -0.25) is 0 Å². The molecule has 0 atom stereocenters. The highest BCUT2D eigenvalue weighted by Gasteiger charge is 2.07. The Morgan fingerprint density at radius 1 is 0.479 bits per heavy atom. The number of nitrogens with zero attached hydrogens (tertiary/aromatic N) is 2. The summed E-state index contributed by atoms with van der Waals surface area (Å²) in [5.41, 5.74) is 1.19. The van der Waals surface area contributed by atoms with Crippen molar-refractivity contribution in [1.29, 1.82) is 0 Å². The minimum atomic E-state index is 0.702. The van der Waals surface area contributed by atoms with Gasteiger partial charge in [0.25, 0.3) is 0 Å². The van der Waals surface area contributed by atoms with E-state index in [1.165, 1.54) is 153 Å². The van der Waals surface area contributed by atoms with Gasteiger partial charge in [0.05, 0.1) is 13.2 Å². The third-order valence-electron chi connectivity index (χ3n) is 8.84. The van der Waals surface area contributed by atoms with Gasteiger partial charge < -0.3 is 14.4 Å². The molecule has 48 heavy (non-hydrogen) atoms. The van der Waals surface area contributed by atoms with E-state index in [0.29, 0.717) is 11.8 Å². The van der Waals surface area contributed by atoms with Gasteiger partial charge in [-0.05, 0) is 90.3 Å². The van der Waals surface area contributed by atoms with Crippen molar-refractivity contribution in [3.63, 3.8) is 0 Å². The molecule has 4 heteroatoms. The molecule has 0 spiro atoms.